The van der Waals surface area contributed by atoms with Gasteiger partial charge in [0.05, 0.1) is 23.7 Å². The van der Waals surface area contributed by atoms with Crippen molar-refractivity contribution in [2.24, 2.45) is 0 Å². The zero-order valence-corrected chi connectivity index (χ0v) is 11.5. The summed E-state index contributed by atoms with van der Waals surface area (Å²) in [6.07, 6.45) is 2.85. The monoisotopic (exact) mass is 283 g/mol. The highest BCUT2D eigenvalue weighted by molar-refractivity contribution is 7.92. The van der Waals surface area contributed by atoms with Gasteiger partial charge in [-0.15, -0.1) is 0 Å². The third-order valence-corrected chi connectivity index (χ3v) is 3.45. The van der Waals surface area contributed by atoms with Crippen molar-refractivity contribution in [3.8, 4) is 0 Å². The SMILES string of the molecule is CS(=O)(=O)Nc1ccccc1NC(=O)[C@H]1CCCN1. The zero-order chi connectivity index (χ0) is 13.9. The third kappa shape index (κ3) is 3.93. The van der Waals surface area contributed by atoms with Crippen LogP contribution in [0.25, 0.3) is 0 Å². The van der Waals surface area contributed by atoms with Gasteiger partial charge in [-0.3, -0.25) is 9.52 Å². The average molecular weight is 283 g/mol. The van der Waals surface area contributed by atoms with Gasteiger partial charge in [-0.05, 0) is 31.5 Å². The van der Waals surface area contributed by atoms with Crippen LogP contribution in [0.15, 0.2) is 24.3 Å². The Balaban J connectivity index is 2.13. The number of nitrogens with one attached hydrogen (secondary N) is 3. The molecule has 1 aromatic carbocycles. The Morgan fingerprint density at radius 3 is 2.58 bits per heavy atom. The predicted molar refractivity (Wildman–Crippen MR) is 74.6 cm³/mol. The topological polar surface area (TPSA) is 87.3 Å². The summed E-state index contributed by atoms with van der Waals surface area (Å²) in [6, 6.07) is 6.52. The van der Waals surface area contributed by atoms with Crippen LogP contribution >= 0.6 is 0 Å². The summed E-state index contributed by atoms with van der Waals surface area (Å²) in [5.41, 5.74) is 0.836. The van der Waals surface area contributed by atoms with Gasteiger partial charge < -0.3 is 10.6 Å². The summed E-state index contributed by atoms with van der Waals surface area (Å²) in [4.78, 5) is 12.0. The number of hydrogen-bond donors (Lipinski definition) is 3. The Labute approximate surface area is 112 Å². The van der Waals surface area contributed by atoms with Crippen LogP contribution < -0.4 is 15.4 Å². The minimum absolute atomic E-state index is 0.139. The Bertz CT molecular complexity index is 565. The lowest BCUT2D eigenvalue weighted by Gasteiger charge is -2.14. The van der Waals surface area contributed by atoms with E-state index in [0.717, 1.165) is 25.6 Å². The number of carbonyl (C=O) groups is 1. The van der Waals surface area contributed by atoms with E-state index in [2.05, 4.69) is 15.4 Å². The molecule has 19 heavy (non-hydrogen) atoms. The molecule has 1 atom stereocenters. The highest BCUT2D eigenvalue weighted by Gasteiger charge is 2.22. The molecule has 0 radical (unpaired) electrons. The predicted octanol–water partition coefficient (Wildman–Crippen LogP) is 0.749. The number of amides is 1. The van der Waals surface area contributed by atoms with Crippen molar-refractivity contribution in [1.29, 1.82) is 0 Å². The minimum atomic E-state index is -3.37. The Morgan fingerprint density at radius 1 is 1.32 bits per heavy atom. The molecule has 1 aromatic rings. The molecule has 1 heterocycles. The molecule has 1 aliphatic rings. The minimum Gasteiger partial charge on any atom is -0.323 e. The van der Waals surface area contributed by atoms with E-state index in [-0.39, 0.29) is 11.9 Å². The maximum Gasteiger partial charge on any atom is 0.241 e. The van der Waals surface area contributed by atoms with Gasteiger partial charge in [0.1, 0.15) is 0 Å². The second kappa shape index (κ2) is 5.58. The first-order valence-corrected chi connectivity index (χ1v) is 7.96. The summed E-state index contributed by atoms with van der Waals surface area (Å²) < 4.78 is 24.9. The number of anilines is 2. The normalized spacial score (nSPS) is 19.1. The molecule has 6 nitrogen and oxygen atoms in total. The lowest BCUT2D eigenvalue weighted by atomic mass is 10.2. The molecule has 0 aliphatic carbocycles. The van der Waals surface area contributed by atoms with Gasteiger partial charge in [0, 0.05) is 0 Å². The van der Waals surface area contributed by atoms with Crippen molar-refractivity contribution in [3.63, 3.8) is 0 Å². The molecule has 1 aliphatic heterocycles. The molecule has 0 aromatic heterocycles. The number of sulfonamides is 1. The van der Waals surface area contributed by atoms with E-state index < -0.39 is 10.0 Å². The van der Waals surface area contributed by atoms with E-state index in [1.807, 2.05) is 0 Å². The van der Waals surface area contributed by atoms with Crippen molar-refractivity contribution >= 4 is 27.3 Å². The smallest absolute Gasteiger partial charge is 0.241 e. The van der Waals surface area contributed by atoms with Crippen LogP contribution in [0.3, 0.4) is 0 Å². The highest BCUT2D eigenvalue weighted by Crippen LogP contribution is 2.22. The second-order valence-electron chi connectivity index (χ2n) is 4.56. The van der Waals surface area contributed by atoms with Crippen molar-refractivity contribution in [2.45, 2.75) is 18.9 Å². The fourth-order valence-corrected chi connectivity index (χ4v) is 2.59. The molecule has 0 spiro atoms. The molecule has 3 N–H and O–H groups in total. The Morgan fingerprint density at radius 2 is 2.00 bits per heavy atom. The van der Waals surface area contributed by atoms with Crippen LogP contribution in [0.1, 0.15) is 12.8 Å². The molecular weight excluding hydrogens is 266 g/mol. The molecule has 0 saturated carbocycles. The summed E-state index contributed by atoms with van der Waals surface area (Å²) in [7, 11) is -3.37. The standard InChI is InChI=1S/C12H17N3O3S/c1-19(17,18)15-10-6-3-2-5-9(10)14-12(16)11-7-4-8-13-11/h2-3,5-6,11,13,15H,4,7-8H2,1H3,(H,14,16)/t11-/m1/s1. The van der Waals surface area contributed by atoms with Gasteiger partial charge in [-0.2, -0.15) is 0 Å². The number of carbonyl (C=O) groups excluding carboxylic acids is 1. The first-order chi connectivity index (χ1) is 8.96. The first-order valence-electron chi connectivity index (χ1n) is 6.07. The number of hydrogen-bond acceptors (Lipinski definition) is 4. The molecule has 7 heteroatoms. The van der Waals surface area contributed by atoms with Crippen molar-refractivity contribution in [3.05, 3.63) is 24.3 Å². The fourth-order valence-electron chi connectivity index (χ4n) is 2.01. The maximum atomic E-state index is 12.0. The third-order valence-electron chi connectivity index (χ3n) is 2.86. The number of benzene rings is 1. The van der Waals surface area contributed by atoms with Crippen LogP contribution in [0, 0.1) is 0 Å². The average Bonchev–Trinajstić information content (AvgIpc) is 2.83. The molecule has 0 unspecified atom stereocenters. The van der Waals surface area contributed by atoms with Crippen LogP contribution in [0.5, 0.6) is 0 Å². The van der Waals surface area contributed by atoms with Gasteiger partial charge >= 0.3 is 0 Å². The lowest BCUT2D eigenvalue weighted by molar-refractivity contribution is -0.117. The van der Waals surface area contributed by atoms with Crippen molar-refractivity contribution in [2.75, 3.05) is 22.8 Å². The van der Waals surface area contributed by atoms with Gasteiger partial charge in [0.25, 0.3) is 0 Å². The van der Waals surface area contributed by atoms with Crippen molar-refractivity contribution in [1.82, 2.24) is 5.32 Å². The van der Waals surface area contributed by atoms with E-state index in [0.29, 0.717) is 11.4 Å². The van der Waals surface area contributed by atoms with Crippen molar-refractivity contribution < 1.29 is 13.2 Å². The molecule has 1 fully saturated rings. The van der Waals surface area contributed by atoms with E-state index in [9.17, 15) is 13.2 Å². The summed E-state index contributed by atoms with van der Waals surface area (Å²) in [5.74, 6) is -0.139. The van der Waals surface area contributed by atoms with E-state index >= 15 is 0 Å². The largest absolute Gasteiger partial charge is 0.323 e. The van der Waals surface area contributed by atoms with Crippen LogP contribution in [-0.4, -0.2) is 33.2 Å². The maximum absolute atomic E-state index is 12.0. The summed E-state index contributed by atoms with van der Waals surface area (Å²) in [5, 5.41) is 5.84. The van der Waals surface area contributed by atoms with Gasteiger partial charge in [-0.25, -0.2) is 8.42 Å². The summed E-state index contributed by atoms with van der Waals surface area (Å²) >= 11 is 0. The molecule has 1 saturated heterocycles. The quantitative estimate of drug-likeness (QED) is 0.761. The lowest BCUT2D eigenvalue weighted by Crippen LogP contribution is -2.35. The molecule has 0 bridgehead atoms. The number of rotatable bonds is 4. The van der Waals surface area contributed by atoms with E-state index in [1.54, 1.807) is 24.3 Å². The molecule has 104 valence electrons. The van der Waals surface area contributed by atoms with Crippen LogP contribution in [0.2, 0.25) is 0 Å². The van der Waals surface area contributed by atoms with Crippen LogP contribution in [-0.2, 0) is 14.8 Å². The Hall–Kier alpha value is -1.60. The van der Waals surface area contributed by atoms with E-state index in [1.165, 1.54) is 0 Å². The Kier molecular flexibility index (Phi) is 4.06. The number of para-hydroxylation sites is 2. The van der Waals surface area contributed by atoms with Gasteiger partial charge in [0.15, 0.2) is 0 Å². The van der Waals surface area contributed by atoms with Gasteiger partial charge in [-0.1, -0.05) is 12.1 Å². The highest BCUT2D eigenvalue weighted by atomic mass is 32.2. The second-order valence-corrected chi connectivity index (χ2v) is 6.31. The molecular formula is C12H17N3O3S. The van der Waals surface area contributed by atoms with Crippen LogP contribution in [0.4, 0.5) is 11.4 Å². The molecule has 1 amide bonds. The first kappa shape index (κ1) is 13.8. The summed E-state index contributed by atoms with van der Waals surface area (Å²) in [6.45, 7) is 0.835. The van der Waals surface area contributed by atoms with Gasteiger partial charge in [0.2, 0.25) is 15.9 Å². The zero-order valence-electron chi connectivity index (χ0n) is 10.6. The molecule has 2 rings (SSSR count). The fraction of sp³-hybridized carbons (Fsp3) is 0.417. The van der Waals surface area contributed by atoms with E-state index in [4.69, 9.17) is 0 Å².